The maximum absolute atomic E-state index is 6.16. The minimum Gasteiger partial charge on any atom is -0.336 e. The molecule has 0 amide bonds. The minimum atomic E-state index is 0.209. The first kappa shape index (κ1) is 15.8. The van der Waals surface area contributed by atoms with Crippen LogP contribution in [0.25, 0.3) is 0 Å². The van der Waals surface area contributed by atoms with Crippen molar-refractivity contribution >= 4 is 46.6 Å². The molecule has 2 rings (SSSR count). The van der Waals surface area contributed by atoms with Gasteiger partial charge in [0.25, 0.3) is 0 Å². The van der Waals surface area contributed by atoms with E-state index in [0.717, 1.165) is 11.4 Å². The molecular weight excluding hydrogens is 339 g/mol. The minimum absolute atomic E-state index is 0.209. The average Bonchev–Trinajstić information content (AvgIpc) is 2.76. The largest absolute Gasteiger partial charge is 0.336 e. The van der Waals surface area contributed by atoms with Crippen LogP contribution < -0.4 is 5.84 Å². The first-order valence-electron chi connectivity index (χ1n) is 5.87. The highest BCUT2D eigenvalue weighted by Crippen LogP contribution is 2.35. The zero-order valence-corrected chi connectivity index (χ0v) is 14.0. The normalized spacial score (nSPS) is 11.3. The van der Waals surface area contributed by atoms with Gasteiger partial charge in [-0.05, 0) is 12.1 Å². The molecule has 8 heteroatoms. The molecule has 0 atom stereocenters. The Kier molecular flexibility index (Phi) is 5.07. The number of benzene rings is 1. The van der Waals surface area contributed by atoms with E-state index in [2.05, 4.69) is 10.2 Å². The van der Waals surface area contributed by atoms with E-state index in [1.807, 2.05) is 13.8 Å². The van der Waals surface area contributed by atoms with Crippen molar-refractivity contribution in [3.63, 3.8) is 0 Å². The third-order valence-electron chi connectivity index (χ3n) is 2.69. The molecule has 0 saturated heterocycles. The van der Waals surface area contributed by atoms with Crippen LogP contribution in [0.3, 0.4) is 0 Å². The zero-order chi connectivity index (χ0) is 14.9. The lowest BCUT2D eigenvalue weighted by atomic mass is 10.2. The second-order valence-electron chi connectivity index (χ2n) is 4.48. The summed E-state index contributed by atoms with van der Waals surface area (Å²) in [6.45, 7) is 4.01. The Bertz CT molecular complexity index is 627. The molecule has 0 fully saturated rings. The molecule has 0 aliphatic carbocycles. The van der Waals surface area contributed by atoms with Gasteiger partial charge in [0.15, 0.2) is 5.82 Å². The summed E-state index contributed by atoms with van der Waals surface area (Å²) >= 11 is 19.7. The summed E-state index contributed by atoms with van der Waals surface area (Å²) in [5.74, 6) is 7.41. The molecule has 1 heterocycles. The highest BCUT2D eigenvalue weighted by molar-refractivity contribution is 7.98. The number of aromatic nitrogens is 3. The molecule has 0 unspecified atom stereocenters. The summed E-state index contributed by atoms with van der Waals surface area (Å²) in [6.07, 6.45) is 0. The lowest BCUT2D eigenvalue weighted by Gasteiger charge is -2.08. The smallest absolute Gasteiger partial charge is 0.210 e. The van der Waals surface area contributed by atoms with Gasteiger partial charge in [-0.3, -0.25) is 0 Å². The van der Waals surface area contributed by atoms with Gasteiger partial charge in [0, 0.05) is 22.3 Å². The Morgan fingerprint density at radius 1 is 1.20 bits per heavy atom. The molecule has 0 aliphatic heterocycles. The highest BCUT2D eigenvalue weighted by Gasteiger charge is 2.15. The molecule has 0 radical (unpaired) electrons. The molecule has 0 aliphatic rings. The van der Waals surface area contributed by atoms with Gasteiger partial charge in [-0.1, -0.05) is 60.4 Å². The number of thioether (sulfide) groups is 1. The average molecular weight is 352 g/mol. The van der Waals surface area contributed by atoms with Crippen LogP contribution in [-0.4, -0.2) is 14.9 Å². The molecule has 0 spiro atoms. The van der Waals surface area contributed by atoms with Gasteiger partial charge in [-0.25, -0.2) is 4.68 Å². The predicted molar refractivity (Wildman–Crippen MR) is 85.3 cm³/mol. The standard InChI is InChI=1S/C12H13Cl3N4S/c1-6(2)11-17-18-12(19(11)16)20-5-7-8(13)3-4-9(14)10(7)15/h3-4,6H,5,16H2,1-2H3. The van der Waals surface area contributed by atoms with E-state index in [9.17, 15) is 0 Å². The van der Waals surface area contributed by atoms with Crippen molar-refractivity contribution < 1.29 is 0 Å². The molecule has 20 heavy (non-hydrogen) atoms. The van der Waals surface area contributed by atoms with Crippen molar-refractivity contribution in [3.05, 3.63) is 38.6 Å². The van der Waals surface area contributed by atoms with E-state index in [0.29, 0.717) is 26.0 Å². The monoisotopic (exact) mass is 350 g/mol. The van der Waals surface area contributed by atoms with Crippen LogP contribution in [0.2, 0.25) is 15.1 Å². The van der Waals surface area contributed by atoms with E-state index in [4.69, 9.17) is 40.6 Å². The molecule has 4 nitrogen and oxygen atoms in total. The number of nitrogens with two attached hydrogens (primary N) is 1. The fourth-order valence-electron chi connectivity index (χ4n) is 1.62. The van der Waals surface area contributed by atoms with Crippen LogP contribution in [0.1, 0.15) is 31.2 Å². The summed E-state index contributed by atoms with van der Waals surface area (Å²) < 4.78 is 1.49. The van der Waals surface area contributed by atoms with Gasteiger partial charge in [-0.15, -0.1) is 10.2 Å². The Labute approximate surface area is 136 Å². The topological polar surface area (TPSA) is 56.7 Å². The van der Waals surface area contributed by atoms with Crippen LogP contribution in [0, 0.1) is 0 Å². The third-order valence-corrected chi connectivity index (χ3v) is 4.86. The van der Waals surface area contributed by atoms with Crippen molar-refractivity contribution in [2.75, 3.05) is 5.84 Å². The second-order valence-corrected chi connectivity index (χ2v) is 6.61. The number of rotatable bonds is 4. The number of nitrogens with zero attached hydrogens (tertiary/aromatic N) is 3. The summed E-state index contributed by atoms with van der Waals surface area (Å²) in [4.78, 5) is 0. The summed E-state index contributed by atoms with van der Waals surface area (Å²) in [6, 6.07) is 3.39. The maximum atomic E-state index is 6.16. The maximum Gasteiger partial charge on any atom is 0.210 e. The SMILES string of the molecule is CC(C)c1nnc(SCc2c(Cl)ccc(Cl)c2Cl)n1N. The van der Waals surface area contributed by atoms with Crippen molar-refractivity contribution in [3.8, 4) is 0 Å². The Balaban J connectivity index is 2.20. The van der Waals surface area contributed by atoms with Gasteiger partial charge in [0.05, 0.1) is 10.0 Å². The van der Waals surface area contributed by atoms with Gasteiger partial charge < -0.3 is 5.84 Å². The third kappa shape index (κ3) is 3.17. The fourth-order valence-corrected chi connectivity index (χ4v) is 3.36. The molecule has 1 aromatic carbocycles. The molecule has 0 saturated carbocycles. The zero-order valence-electron chi connectivity index (χ0n) is 10.9. The summed E-state index contributed by atoms with van der Waals surface area (Å²) in [5.41, 5.74) is 0.764. The van der Waals surface area contributed by atoms with Crippen molar-refractivity contribution in [2.45, 2.75) is 30.7 Å². The lowest BCUT2D eigenvalue weighted by molar-refractivity contribution is 0.712. The van der Waals surface area contributed by atoms with Crippen molar-refractivity contribution in [1.82, 2.24) is 14.9 Å². The predicted octanol–water partition coefficient (Wildman–Crippen LogP) is 4.37. The quantitative estimate of drug-likeness (QED) is 0.505. The number of hydrogen-bond donors (Lipinski definition) is 1. The fraction of sp³-hybridized carbons (Fsp3) is 0.333. The number of halogens is 3. The Hall–Kier alpha value is -0.620. The van der Waals surface area contributed by atoms with E-state index in [-0.39, 0.29) is 5.92 Å². The molecule has 108 valence electrons. The van der Waals surface area contributed by atoms with E-state index >= 15 is 0 Å². The van der Waals surface area contributed by atoms with Crippen LogP contribution in [-0.2, 0) is 5.75 Å². The van der Waals surface area contributed by atoms with E-state index in [1.165, 1.54) is 16.4 Å². The Morgan fingerprint density at radius 3 is 2.45 bits per heavy atom. The van der Waals surface area contributed by atoms with E-state index in [1.54, 1.807) is 12.1 Å². The first-order chi connectivity index (χ1) is 9.41. The summed E-state index contributed by atoms with van der Waals surface area (Å²) in [5, 5.41) is 10.2. The highest BCUT2D eigenvalue weighted by atomic mass is 35.5. The van der Waals surface area contributed by atoms with Crippen LogP contribution in [0.4, 0.5) is 0 Å². The Morgan fingerprint density at radius 2 is 1.85 bits per heavy atom. The molecule has 2 aromatic rings. The van der Waals surface area contributed by atoms with Gasteiger partial charge in [-0.2, -0.15) is 0 Å². The summed E-state index contributed by atoms with van der Waals surface area (Å²) in [7, 11) is 0. The second kappa shape index (κ2) is 6.43. The number of hydrogen-bond acceptors (Lipinski definition) is 4. The van der Waals surface area contributed by atoms with Crippen molar-refractivity contribution in [2.24, 2.45) is 0 Å². The van der Waals surface area contributed by atoms with Gasteiger partial charge >= 0.3 is 0 Å². The molecule has 0 bridgehead atoms. The van der Waals surface area contributed by atoms with Crippen LogP contribution in [0.5, 0.6) is 0 Å². The molecule has 1 aromatic heterocycles. The van der Waals surface area contributed by atoms with Gasteiger partial charge in [0.1, 0.15) is 0 Å². The first-order valence-corrected chi connectivity index (χ1v) is 7.99. The van der Waals surface area contributed by atoms with Crippen molar-refractivity contribution in [1.29, 1.82) is 0 Å². The molecule has 2 N–H and O–H groups in total. The van der Waals surface area contributed by atoms with Crippen LogP contribution in [0.15, 0.2) is 17.3 Å². The number of nitrogen functional groups attached to an aromatic ring is 1. The molecular formula is C12H13Cl3N4S. The van der Waals surface area contributed by atoms with Crippen LogP contribution >= 0.6 is 46.6 Å². The van der Waals surface area contributed by atoms with Gasteiger partial charge in [0.2, 0.25) is 5.16 Å². The van der Waals surface area contributed by atoms with E-state index < -0.39 is 0 Å². The lowest BCUT2D eigenvalue weighted by Crippen LogP contribution is -2.14.